The van der Waals surface area contributed by atoms with Gasteiger partial charge < -0.3 is 16.0 Å². The Morgan fingerprint density at radius 3 is 2.33 bits per heavy atom. The first-order valence-corrected chi connectivity index (χ1v) is 10.1. The molecule has 5 N–H and O–H groups in total. The standard InChI is InChI=1S/C18H20N4O4S/c19-27(25,26)11-12-2-1-3-16(10-12)20-17(23)13-4-6-14(7-5-13)21-18(24)22-15-8-9-15/h1-7,10,15H,8-9,11H2,(H,20,23)(H2,19,25,26)(H2,21,22,24). The van der Waals surface area contributed by atoms with E-state index in [1.165, 1.54) is 0 Å². The lowest BCUT2D eigenvalue weighted by Gasteiger charge is -2.09. The highest BCUT2D eigenvalue weighted by molar-refractivity contribution is 7.88. The summed E-state index contributed by atoms with van der Waals surface area (Å²) in [6.07, 6.45) is 2.01. The zero-order valence-corrected chi connectivity index (χ0v) is 15.3. The fourth-order valence-corrected chi connectivity index (χ4v) is 3.10. The van der Waals surface area contributed by atoms with E-state index in [0.717, 1.165) is 12.8 Å². The SMILES string of the molecule is NS(=O)(=O)Cc1cccc(NC(=O)c2ccc(NC(=O)NC3CC3)cc2)c1. The van der Waals surface area contributed by atoms with Crippen molar-refractivity contribution in [1.82, 2.24) is 5.32 Å². The summed E-state index contributed by atoms with van der Waals surface area (Å²) in [7, 11) is -3.65. The lowest BCUT2D eigenvalue weighted by molar-refractivity contribution is 0.102. The molecule has 0 bridgehead atoms. The zero-order valence-electron chi connectivity index (χ0n) is 14.4. The molecule has 2 aromatic carbocycles. The smallest absolute Gasteiger partial charge is 0.319 e. The summed E-state index contributed by atoms with van der Waals surface area (Å²) in [6, 6.07) is 12.9. The Morgan fingerprint density at radius 1 is 1.00 bits per heavy atom. The van der Waals surface area contributed by atoms with E-state index < -0.39 is 10.0 Å². The number of sulfonamides is 1. The second-order valence-electron chi connectivity index (χ2n) is 6.41. The van der Waals surface area contributed by atoms with Crippen LogP contribution in [0, 0.1) is 0 Å². The number of urea groups is 1. The van der Waals surface area contributed by atoms with Crippen molar-refractivity contribution in [3.63, 3.8) is 0 Å². The van der Waals surface area contributed by atoms with Crippen LogP contribution in [0.1, 0.15) is 28.8 Å². The first-order valence-electron chi connectivity index (χ1n) is 8.37. The molecule has 0 radical (unpaired) electrons. The minimum Gasteiger partial charge on any atom is -0.335 e. The lowest BCUT2D eigenvalue weighted by Crippen LogP contribution is -2.30. The highest BCUT2D eigenvalue weighted by Gasteiger charge is 2.23. The van der Waals surface area contributed by atoms with Gasteiger partial charge in [0.05, 0.1) is 5.75 Å². The Labute approximate surface area is 157 Å². The minimum absolute atomic E-state index is 0.263. The molecule has 27 heavy (non-hydrogen) atoms. The number of nitrogens with two attached hydrogens (primary N) is 1. The van der Waals surface area contributed by atoms with Crippen LogP contribution in [0.2, 0.25) is 0 Å². The highest BCUT2D eigenvalue weighted by atomic mass is 32.2. The number of amides is 3. The van der Waals surface area contributed by atoms with Crippen LogP contribution in [0.25, 0.3) is 0 Å². The van der Waals surface area contributed by atoms with Crippen LogP contribution < -0.4 is 21.1 Å². The van der Waals surface area contributed by atoms with Gasteiger partial charge in [-0.1, -0.05) is 12.1 Å². The molecule has 9 heteroatoms. The van der Waals surface area contributed by atoms with Gasteiger partial charge in [-0.2, -0.15) is 0 Å². The number of hydrogen-bond acceptors (Lipinski definition) is 4. The summed E-state index contributed by atoms with van der Waals surface area (Å²) in [5.41, 5.74) is 1.93. The Balaban J connectivity index is 1.60. The molecule has 3 amide bonds. The van der Waals surface area contributed by atoms with Crippen molar-refractivity contribution in [3.05, 3.63) is 59.7 Å². The van der Waals surface area contributed by atoms with Gasteiger partial charge in [-0.3, -0.25) is 4.79 Å². The summed E-state index contributed by atoms with van der Waals surface area (Å²) in [4.78, 5) is 24.0. The van der Waals surface area contributed by atoms with E-state index >= 15 is 0 Å². The molecule has 1 aliphatic rings. The van der Waals surface area contributed by atoms with Crippen LogP contribution in [0.3, 0.4) is 0 Å². The summed E-state index contributed by atoms with van der Waals surface area (Å²) in [5, 5.41) is 13.3. The molecule has 0 spiro atoms. The number of carbonyl (C=O) groups is 2. The second-order valence-corrected chi connectivity index (χ2v) is 8.03. The Kier molecular flexibility index (Phi) is 5.43. The maximum Gasteiger partial charge on any atom is 0.319 e. The molecule has 3 rings (SSSR count). The van der Waals surface area contributed by atoms with Crippen molar-refractivity contribution in [2.45, 2.75) is 24.6 Å². The third-order valence-electron chi connectivity index (χ3n) is 3.87. The molecular weight excluding hydrogens is 368 g/mol. The van der Waals surface area contributed by atoms with Crippen LogP contribution in [0.4, 0.5) is 16.2 Å². The minimum atomic E-state index is -3.65. The largest absolute Gasteiger partial charge is 0.335 e. The van der Waals surface area contributed by atoms with Gasteiger partial charge in [-0.25, -0.2) is 18.4 Å². The van der Waals surface area contributed by atoms with Crippen molar-refractivity contribution in [3.8, 4) is 0 Å². The monoisotopic (exact) mass is 388 g/mol. The molecule has 0 atom stereocenters. The predicted octanol–water partition coefficient (Wildman–Crippen LogP) is 2.01. The molecule has 0 aromatic heterocycles. The van der Waals surface area contributed by atoms with Crippen LogP contribution >= 0.6 is 0 Å². The predicted molar refractivity (Wildman–Crippen MR) is 103 cm³/mol. The normalized spacial score (nSPS) is 13.7. The van der Waals surface area contributed by atoms with Gasteiger partial charge in [-0.05, 0) is 54.8 Å². The van der Waals surface area contributed by atoms with Crippen LogP contribution in [0.15, 0.2) is 48.5 Å². The highest BCUT2D eigenvalue weighted by Crippen LogP contribution is 2.19. The van der Waals surface area contributed by atoms with Crippen LogP contribution in [-0.4, -0.2) is 26.4 Å². The van der Waals surface area contributed by atoms with Gasteiger partial charge in [0.2, 0.25) is 10.0 Å². The van der Waals surface area contributed by atoms with E-state index in [-0.39, 0.29) is 23.7 Å². The summed E-state index contributed by atoms with van der Waals surface area (Å²) >= 11 is 0. The number of anilines is 2. The topological polar surface area (TPSA) is 130 Å². The average molecular weight is 388 g/mol. The third-order valence-corrected chi connectivity index (χ3v) is 4.61. The van der Waals surface area contributed by atoms with Crippen molar-refractivity contribution in [1.29, 1.82) is 0 Å². The van der Waals surface area contributed by atoms with E-state index in [2.05, 4.69) is 16.0 Å². The van der Waals surface area contributed by atoms with Crippen molar-refractivity contribution < 1.29 is 18.0 Å². The molecule has 0 heterocycles. The first kappa shape index (κ1) is 18.9. The fraction of sp³-hybridized carbons (Fsp3) is 0.222. The molecule has 8 nitrogen and oxygen atoms in total. The Morgan fingerprint density at radius 2 is 1.70 bits per heavy atom. The molecule has 142 valence electrons. The second kappa shape index (κ2) is 7.77. The zero-order chi connectivity index (χ0) is 19.4. The number of rotatable bonds is 6. The molecule has 0 unspecified atom stereocenters. The van der Waals surface area contributed by atoms with E-state index in [1.807, 2.05) is 0 Å². The van der Waals surface area contributed by atoms with E-state index in [4.69, 9.17) is 5.14 Å². The first-order chi connectivity index (χ1) is 12.8. The third kappa shape index (κ3) is 6.08. The number of nitrogens with one attached hydrogen (secondary N) is 3. The van der Waals surface area contributed by atoms with Gasteiger partial charge >= 0.3 is 6.03 Å². The van der Waals surface area contributed by atoms with E-state index in [1.54, 1.807) is 48.5 Å². The van der Waals surface area contributed by atoms with Gasteiger partial charge in [0.25, 0.3) is 5.91 Å². The number of carbonyl (C=O) groups excluding carboxylic acids is 2. The molecular formula is C18H20N4O4S. The van der Waals surface area contributed by atoms with Crippen LogP contribution in [-0.2, 0) is 15.8 Å². The van der Waals surface area contributed by atoms with Crippen molar-refractivity contribution in [2.24, 2.45) is 5.14 Å². The number of hydrogen-bond donors (Lipinski definition) is 4. The average Bonchev–Trinajstić information content (AvgIpc) is 3.38. The fourth-order valence-electron chi connectivity index (χ4n) is 2.46. The van der Waals surface area contributed by atoms with Gasteiger partial charge in [0.15, 0.2) is 0 Å². The molecule has 2 aromatic rings. The molecule has 0 saturated heterocycles. The molecule has 1 saturated carbocycles. The van der Waals surface area contributed by atoms with Gasteiger partial charge in [-0.15, -0.1) is 0 Å². The number of benzene rings is 2. The van der Waals surface area contributed by atoms with E-state index in [9.17, 15) is 18.0 Å². The quantitative estimate of drug-likeness (QED) is 0.603. The van der Waals surface area contributed by atoms with Crippen molar-refractivity contribution >= 4 is 33.3 Å². The lowest BCUT2D eigenvalue weighted by atomic mass is 10.1. The molecule has 1 fully saturated rings. The van der Waals surface area contributed by atoms with Gasteiger partial charge in [0, 0.05) is 23.0 Å². The summed E-state index contributed by atoms with van der Waals surface area (Å²) < 4.78 is 22.4. The van der Waals surface area contributed by atoms with Gasteiger partial charge in [0.1, 0.15) is 0 Å². The maximum atomic E-state index is 12.3. The van der Waals surface area contributed by atoms with E-state index in [0.29, 0.717) is 22.5 Å². The van der Waals surface area contributed by atoms with Crippen molar-refractivity contribution in [2.75, 3.05) is 10.6 Å². The number of primary sulfonamides is 1. The molecule has 0 aliphatic heterocycles. The maximum absolute atomic E-state index is 12.3. The Hall–Kier alpha value is -2.91. The van der Waals surface area contributed by atoms with Crippen LogP contribution in [0.5, 0.6) is 0 Å². The Bertz CT molecular complexity index is 954. The summed E-state index contributed by atoms with van der Waals surface area (Å²) in [6.45, 7) is 0. The summed E-state index contributed by atoms with van der Waals surface area (Å²) in [5.74, 6) is -0.656. The molecule has 1 aliphatic carbocycles.